The standard InChI is InChI=1S/C14H16ClN3O3/c1-3-21-14(20)16-12-8-13(19)18(17-12)9(2)10-4-6-11(15)7-5-10/h4-9,17H,3H2,1-2H3,(H,16,20). The van der Waals surface area contributed by atoms with Gasteiger partial charge >= 0.3 is 6.09 Å². The number of hydrogen-bond acceptors (Lipinski definition) is 3. The number of rotatable bonds is 4. The summed E-state index contributed by atoms with van der Waals surface area (Å²) >= 11 is 5.85. The molecule has 1 amide bonds. The van der Waals surface area contributed by atoms with Crippen molar-refractivity contribution in [1.82, 2.24) is 9.78 Å². The number of benzene rings is 1. The van der Waals surface area contributed by atoms with E-state index in [0.717, 1.165) is 5.56 Å². The number of carbonyl (C=O) groups is 1. The molecule has 1 aromatic carbocycles. The zero-order valence-corrected chi connectivity index (χ0v) is 12.5. The molecule has 21 heavy (non-hydrogen) atoms. The molecule has 1 heterocycles. The maximum absolute atomic E-state index is 12.0. The number of aromatic amines is 1. The Hall–Kier alpha value is -2.21. The molecule has 1 unspecified atom stereocenters. The Labute approximate surface area is 126 Å². The van der Waals surface area contributed by atoms with Gasteiger partial charge in [-0.25, -0.2) is 9.48 Å². The molecule has 0 saturated carbocycles. The SMILES string of the molecule is CCOC(=O)Nc1cc(=O)n(C(C)c2ccc(Cl)cc2)[nH]1. The van der Waals surface area contributed by atoms with Crippen LogP contribution in [0, 0.1) is 0 Å². The van der Waals surface area contributed by atoms with Gasteiger partial charge < -0.3 is 4.74 Å². The Balaban J connectivity index is 2.20. The van der Waals surface area contributed by atoms with Crippen LogP contribution in [0.5, 0.6) is 0 Å². The number of amides is 1. The molecule has 2 N–H and O–H groups in total. The van der Waals surface area contributed by atoms with Gasteiger partial charge in [0.05, 0.1) is 12.6 Å². The molecule has 0 saturated heterocycles. The van der Waals surface area contributed by atoms with Crippen LogP contribution in [-0.4, -0.2) is 22.5 Å². The second-order valence-electron chi connectivity index (χ2n) is 4.45. The van der Waals surface area contributed by atoms with Crippen molar-refractivity contribution in [1.29, 1.82) is 0 Å². The molecular weight excluding hydrogens is 294 g/mol. The van der Waals surface area contributed by atoms with Gasteiger partial charge in [0.1, 0.15) is 5.82 Å². The molecule has 2 rings (SSSR count). The third-order valence-corrected chi connectivity index (χ3v) is 3.25. The van der Waals surface area contributed by atoms with E-state index in [4.69, 9.17) is 16.3 Å². The van der Waals surface area contributed by atoms with Crippen LogP contribution in [0.2, 0.25) is 5.02 Å². The number of aromatic nitrogens is 2. The van der Waals surface area contributed by atoms with Gasteiger partial charge in [-0.1, -0.05) is 23.7 Å². The molecule has 2 aromatic rings. The molecule has 0 aliphatic carbocycles. The van der Waals surface area contributed by atoms with Crippen molar-refractivity contribution in [3.63, 3.8) is 0 Å². The number of nitrogens with zero attached hydrogens (tertiary/aromatic N) is 1. The summed E-state index contributed by atoms with van der Waals surface area (Å²) in [6.07, 6.45) is -0.606. The lowest BCUT2D eigenvalue weighted by Gasteiger charge is -2.13. The monoisotopic (exact) mass is 309 g/mol. The number of carbonyl (C=O) groups excluding carboxylic acids is 1. The van der Waals surface area contributed by atoms with Gasteiger partial charge in [0.15, 0.2) is 0 Å². The summed E-state index contributed by atoms with van der Waals surface area (Å²) in [6.45, 7) is 3.84. The van der Waals surface area contributed by atoms with Crippen LogP contribution in [0.15, 0.2) is 35.1 Å². The van der Waals surface area contributed by atoms with Crippen molar-refractivity contribution in [2.75, 3.05) is 11.9 Å². The summed E-state index contributed by atoms with van der Waals surface area (Å²) in [4.78, 5) is 23.3. The Kier molecular flexibility index (Phi) is 4.70. The van der Waals surface area contributed by atoms with Gasteiger partial charge in [-0.3, -0.25) is 15.2 Å². The highest BCUT2D eigenvalue weighted by Gasteiger charge is 2.13. The molecule has 6 nitrogen and oxygen atoms in total. The Bertz CT molecular complexity index is 676. The Morgan fingerprint density at radius 1 is 1.43 bits per heavy atom. The normalized spacial score (nSPS) is 12.0. The fourth-order valence-corrected chi connectivity index (χ4v) is 2.06. The van der Waals surface area contributed by atoms with Crippen molar-refractivity contribution in [2.45, 2.75) is 19.9 Å². The van der Waals surface area contributed by atoms with Crippen LogP contribution in [0.1, 0.15) is 25.5 Å². The summed E-state index contributed by atoms with van der Waals surface area (Å²) in [5.41, 5.74) is 0.676. The van der Waals surface area contributed by atoms with Crippen LogP contribution < -0.4 is 10.9 Å². The molecule has 0 aliphatic heterocycles. The third kappa shape index (κ3) is 3.66. The van der Waals surface area contributed by atoms with E-state index >= 15 is 0 Å². The molecule has 1 aromatic heterocycles. The molecule has 112 valence electrons. The van der Waals surface area contributed by atoms with Crippen LogP contribution in [0.25, 0.3) is 0 Å². The number of halogens is 1. The van der Waals surface area contributed by atoms with Gasteiger partial charge in [-0.05, 0) is 31.5 Å². The lowest BCUT2D eigenvalue weighted by molar-refractivity contribution is 0.168. The molecule has 0 bridgehead atoms. The van der Waals surface area contributed by atoms with Crippen LogP contribution in [0.4, 0.5) is 10.6 Å². The van der Waals surface area contributed by atoms with Crippen molar-refractivity contribution in [3.8, 4) is 0 Å². The molecule has 0 spiro atoms. The average Bonchev–Trinajstić information content (AvgIpc) is 2.79. The van der Waals surface area contributed by atoms with Gasteiger partial charge in [-0.2, -0.15) is 0 Å². The first-order chi connectivity index (χ1) is 10.0. The summed E-state index contributed by atoms with van der Waals surface area (Å²) in [7, 11) is 0. The summed E-state index contributed by atoms with van der Waals surface area (Å²) in [5.74, 6) is 0.291. The van der Waals surface area contributed by atoms with Gasteiger partial charge in [0.2, 0.25) is 0 Å². The predicted molar refractivity (Wildman–Crippen MR) is 81.0 cm³/mol. The zero-order chi connectivity index (χ0) is 15.4. The highest BCUT2D eigenvalue weighted by atomic mass is 35.5. The first-order valence-corrected chi connectivity index (χ1v) is 6.90. The number of H-pyrrole nitrogens is 1. The lowest BCUT2D eigenvalue weighted by Crippen LogP contribution is -2.20. The van der Waals surface area contributed by atoms with Crippen molar-refractivity contribution < 1.29 is 9.53 Å². The number of nitrogens with one attached hydrogen (secondary N) is 2. The fourth-order valence-electron chi connectivity index (χ4n) is 1.93. The second-order valence-corrected chi connectivity index (χ2v) is 4.89. The first-order valence-electron chi connectivity index (χ1n) is 6.52. The van der Waals surface area contributed by atoms with Crippen LogP contribution in [0.3, 0.4) is 0 Å². The fraction of sp³-hybridized carbons (Fsp3) is 0.286. The van der Waals surface area contributed by atoms with Crippen LogP contribution >= 0.6 is 11.6 Å². The summed E-state index contributed by atoms with van der Waals surface area (Å²) in [6, 6.07) is 8.31. The van der Waals surface area contributed by atoms with E-state index in [0.29, 0.717) is 10.8 Å². The van der Waals surface area contributed by atoms with Crippen molar-refractivity contribution in [3.05, 3.63) is 51.3 Å². The van der Waals surface area contributed by atoms with Gasteiger partial charge in [0, 0.05) is 11.1 Å². The Morgan fingerprint density at radius 2 is 2.10 bits per heavy atom. The van der Waals surface area contributed by atoms with E-state index in [9.17, 15) is 9.59 Å². The van der Waals surface area contributed by atoms with Gasteiger partial charge in [0.25, 0.3) is 5.56 Å². The summed E-state index contributed by atoms with van der Waals surface area (Å²) in [5, 5.41) is 5.94. The van der Waals surface area contributed by atoms with E-state index in [-0.39, 0.29) is 18.2 Å². The molecule has 7 heteroatoms. The maximum Gasteiger partial charge on any atom is 0.412 e. The molecule has 0 radical (unpaired) electrons. The minimum absolute atomic E-state index is 0.215. The minimum Gasteiger partial charge on any atom is -0.450 e. The van der Waals surface area contributed by atoms with E-state index in [1.54, 1.807) is 19.1 Å². The largest absolute Gasteiger partial charge is 0.450 e. The van der Waals surface area contributed by atoms with E-state index in [2.05, 4.69) is 10.4 Å². The molecule has 0 aliphatic rings. The molecule has 1 atom stereocenters. The summed E-state index contributed by atoms with van der Waals surface area (Å²) < 4.78 is 6.18. The van der Waals surface area contributed by atoms with Crippen LogP contribution in [-0.2, 0) is 4.74 Å². The number of hydrogen-bond donors (Lipinski definition) is 2. The van der Waals surface area contributed by atoms with Gasteiger partial charge in [-0.15, -0.1) is 0 Å². The first kappa shape index (κ1) is 15.2. The number of anilines is 1. The zero-order valence-electron chi connectivity index (χ0n) is 11.7. The topological polar surface area (TPSA) is 76.1 Å². The molecule has 0 fully saturated rings. The van der Waals surface area contributed by atoms with Crippen molar-refractivity contribution >= 4 is 23.5 Å². The maximum atomic E-state index is 12.0. The van der Waals surface area contributed by atoms with E-state index in [1.165, 1.54) is 10.7 Å². The minimum atomic E-state index is -0.606. The van der Waals surface area contributed by atoms with Crippen molar-refractivity contribution in [2.24, 2.45) is 0 Å². The smallest absolute Gasteiger partial charge is 0.412 e. The average molecular weight is 310 g/mol. The second kappa shape index (κ2) is 6.49. The van der Waals surface area contributed by atoms with E-state index in [1.807, 2.05) is 19.1 Å². The number of ether oxygens (including phenoxy) is 1. The highest BCUT2D eigenvalue weighted by molar-refractivity contribution is 6.30. The quantitative estimate of drug-likeness (QED) is 0.911. The molecular formula is C14H16ClN3O3. The lowest BCUT2D eigenvalue weighted by atomic mass is 10.1. The Morgan fingerprint density at radius 3 is 2.71 bits per heavy atom. The third-order valence-electron chi connectivity index (χ3n) is 3.00. The predicted octanol–water partition coefficient (Wildman–Crippen LogP) is 3.01. The van der Waals surface area contributed by atoms with E-state index < -0.39 is 6.09 Å². The highest BCUT2D eigenvalue weighted by Crippen LogP contribution is 2.18.